The molecule has 0 aromatic heterocycles. The first-order valence-electron chi connectivity index (χ1n) is 9.24. The summed E-state index contributed by atoms with van der Waals surface area (Å²) < 4.78 is 15.7. The highest BCUT2D eigenvalue weighted by Crippen LogP contribution is 2.24. The molecule has 1 fully saturated rings. The molecule has 1 aromatic carbocycles. The summed E-state index contributed by atoms with van der Waals surface area (Å²) in [6.45, 7) is 2.26. The van der Waals surface area contributed by atoms with Gasteiger partial charge in [0.05, 0.1) is 12.2 Å². The summed E-state index contributed by atoms with van der Waals surface area (Å²) in [5.74, 6) is -0.683. The summed E-state index contributed by atoms with van der Waals surface area (Å²) in [5, 5.41) is 58.4. The monoisotopic (exact) mass is 416 g/mol. The van der Waals surface area contributed by atoms with E-state index >= 15 is 0 Å². The van der Waals surface area contributed by atoms with E-state index < -0.39 is 55.0 Å². The first-order valence-corrected chi connectivity index (χ1v) is 9.24. The molecule has 0 radical (unpaired) electrons. The van der Waals surface area contributed by atoms with Crippen molar-refractivity contribution in [1.29, 1.82) is 0 Å². The van der Waals surface area contributed by atoms with Crippen LogP contribution in [0.25, 0.3) is 0 Å². The van der Waals surface area contributed by atoms with Crippen LogP contribution in [-0.4, -0.2) is 85.6 Å². The molecular formula is C19H28O10. The Morgan fingerprint density at radius 1 is 1.17 bits per heavy atom. The van der Waals surface area contributed by atoms with Crippen molar-refractivity contribution >= 4 is 5.97 Å². The molecule has 0 amide bonds. The highest BCUT2D eigenvalue weighted by Gasteiger charge is 2.44. The van der Waals surface area contributed by atoms with Crippen LogP contribution in [0.3, 0.4) is 0 Å². The Morgan fingerprint density at radius 3 is 2.34 bits per heavy atom. The summed E-state index contributed by atoms with van der Waals surface area (Å²) in [6.07, 6.45) is -8.42. The lowest BCUT2D eigenvalue weighted by Gasteiger charge is -2.39. The van der Waals surface area contributed by atoms with Gasteiger partial charge in [-0.25, -0.2) is 4.79 Å². The zero-order chi connectivity index (χ0) is 21.8. The second-order valence-electron chi connectivity index (χ2n) is 7.18. The van der Waals surface area contributed by atoms with Crippen LogP contribution >= 0.6 is 0 Å². The van der Waals surface area contributed by atoms with E-state index in [2.05, 4.69) is 0 Å². The SMILES string of the molecule is CC[C@@](C)(O)[C@H](O)C(=O)OCc1ccc(O[C@H]2O[C@H](CO)[C@@H](O)[C@H](O)[C@H]2O)cc1. The molecule has 1 heterocycles. The predicted octanol–water partition coefficient (Wildman–Crippen LogP) is -1.57. The molecular weight excluding hydrogens is 388 g/mol. The molecule has 29 heavy (non-hydrogen) atoms. The normalized spacial score (nSPS) is 30.3. The largest absolute Gasteiger partial charge is 0.462 e. The Balaban J connectivity index is 1.92. The number of benzene rings is 1. The van der Waals surface area contributed by atoms with Gasteiger partial charge in [-0.3, -0.25) is 0 Å². The molecule has 1 aliphatic rings. The van der Waals surface area contributed by atoms with Gasteiger partial charge in [-0.05, 0) is 31.0 Å². The molecule has 164 valence electrons. The maximum Gasteiger partial charge on any atom is 0.338 e. The lowest BCUT2D eigenvalue weighted by molar-refractivity contribution is -0.277. The van der Waals surface area contributed by atoms with Crippen LogP contribution in [0, 0.1) is 0 Å². The maximum atomic E-state index is 11.8. The van der Waals surface area contributed by atoms with E-state index in [9.17, 15) is 35.4 Å². The van der Waals surface area contributed by atoms with Crippen LogP contribution in [-0.2, 0) is 20.9 Å². The minimum Gasteiger partial charge on any atom is -0.462 e. The first kappa shape index (κ1) is 23.5. The number of esters is 1. The number of aliphatic hydroxyl groups excluding tert-OH is 5. The van der Waals surface area contributed by atoms with Crippen molar-refractivity contribution < 1.29 is 49.6 Å². The van der Waals surface area contributed by atoms with Crippen molar-refractivity contribution in [3.05, 3.63) is 29.8 Å². The van der Waals surface area contributed by atoms with Crippen LogP contribution in [0.2, 0.25) is 0 Å². The third-order valence-corrected chi connectivity index (χ3v) is 4.93. The number of carbonyl (C=O) groups excluding carboxylic acids is 1. The Kier molecular flexibility index (Phi) is 7.94. The standard InChI is InChI=1S/C19H28O10/c1-3-19(2,26)16(24)17(25)27-9-10-4-6-11(7-5-10)28-18-15(23)14(22)13(21)12(8-20)29-18/h4-7,12-16,18,20-24,26H,3,8-9H2,1-2H3/t12-,13-,14+,15-,16-,18+,19-/m1/s1. The first-order chi connectivity index (χ1) is 13.6. The number of hydrogen-bond acceptors (Lipinski definition) is 10. The summed E-state index contributed by atoms with van der Waals surface area (Å²) in [4.78, 5) is 11.8. The Morgan fingerprint density at radius 2 is 1.79 bits per heavy atom. The Labute approximate surface area is 167 Å². The molecule has 0 unspecified atom stereocenters. The van der Waals surface area contributed by atoms with Gasteiger partial charge in [0.1, 0.15) is 36.8 Å². The average molecular weight is 416 g/mol. The third-order valence-electron chi connectivity index (χ3n) is 4.93. The van der Waals surface area contributed by atoms with Gasteiger partial charge < -0.3 is 44.8 Å². The van der Waals surface area contributed by atoms with E-state index in [1.165, 1.54) is 19.1 Å². The maximum absolute atomic E-state index is 11.8. The van der Waals surface area contributed by atoms with Gasteiger partial charge in [-0.2, -0.15) is 0 Å². The second kappa shape index (κ2) is 9.81. The fraction of sp³-hybridized carbons (Fsp3) is 0.632. The van der Waals surface area contributed by atoms with Gasteiger partial charge in [-0.15, -0.1) is 0 Å². The highest BCUT2D eigenvalue weighted by molar-refractivity contribution is 5.75. The second-order valence-corrected chi connectivity index (χ2v) is 7.18. The summed E-state index contributed by atoms with van der Waals surface area (Å²) >= 11 is 0. The number of aliphatic hydroxyl groups is 6. The molecule has 0 bridgehead atoms. The minimum atomic E-state index is -1.67. The zero-order valence-electron chi connectivity index (χ0n) is 16.2. The van der Waals surface area contributed by atoms with Gasteiger partial charge in [0.2, 0.25) is 6.29 Å². The van der Waals surface area contributed by atoms with E-state index in [-0.39, 0.29) is 18.8 Å². The van der Waals surface area contributed by atoms with Gasteiger partial charge in [0, 0.05) is 0 Å². The molecule has 1 saturated heterocycles. The van der Waals surface area contributed by atoms with Crippen molar-refractivity contribution in [2.24, 2.45) is 0 Å². The lowest BCUT2D eigenvalue weighted by Crippen LogP contribution is -2.60. The van der Waals surface area contributed by atoms with Crippen molar-refractivity contribution in [3.63, 3.8) is 0 Å². The number of rotatable bonds is 8. The van der Waals surface area contributed by atoms with Crippen LogP contribution in [0.5, 0.6) is 5.75 Å². The summed E-state index contributed by atoms with van der Waals surface area (Å²) in [7, 11) is 0. The molecule has 1 aromatic rings. The molecule has 2 rings (SSSR count). The third kappa shape index (κ3) is 5.64. The molecule has 6 N–H and O–H groups in total. The summed E-state index contributed by atoms with van der Waals surface area (Å²) in [5.41, 5.74) is -1.01. The fourth-order valence-corrected chi connectivity index (χ4v) is 2.64. The van der Waals surface area contributed by atoms with Crippen LogP contribution < -0.4 is 4.74 Å². The van der Waals surface area contributed by atoms with E-state index in [4.69, 9.17) is 14.2 Å². The fourth-order valence-electron chi connectivity index (χ4n) is 2.64. The van der Waals surface area contributed by atoms with E-state index in [1.54, 1.807) is 19.1 Å². The number of ether oxygens (including phenoxy) is 3. The minimum absolute atomic E-state index is 0.143. The number of carbonyl (C=O) groups is 1. The molecule has 10 heteroatoms. The van der Waals surface area contributed by atoms with Crippen molar-refractivity contribution in [1.82, 2.24) is 0 Å². The van der Waals surface area contributed by atoms with Gasteiger partial charge in [-0.1, -0.05) is 19.1 Å². The predicted molar refractivity (Wildman–Crippen MR) is 97.6 cm³/mol. The Bertz CT molecular complexity index is 659. The highest BCUT2D eigenvalue weighted by atomic mass is 16.7. The number of hydrogen-bond donors (Lipinski definition) is 6. The molecule has 1 aliphatic heterocycles. The average Bonchev–Trinajstić information content (AvgIpc) is 2.72. The van der Waals surface area contributed by atoms with Crippen LogP contribution in [0.4, 0.5) is 0 Å². The quantitative estimate of drug-likeness (QED) is 0.273. The topological polar surface area (TPSA) is 166 Å². The van der Waals surface area contributed by atoms with E-state index in [0.29, 0.717) is 5.56 Å². The van der Waals surface area contributed by atoms with E-state index in [1.807, 2.05) is 0 Å². The summed E-state index contributed by atoms with van der Waals surface area (Å²) in [6, 6.07) is 6.14. The molecule has 7 atom stereocenters. The smallest absolute Gasteiger partial charge is 0.338 e. The molecule has 0 aliphatic carbocycles. The molecule has 0 spiro atoms. The zero-order valence-corrected chi connectivity index (χ0v) is 16.2. The van der Waals surface area contributed by atoms with Gasteiger partial charge in [0.15, 0.2) is 6.10 Å². The van der Waals surface area contributed by atoms with Crippen LogP contribution in [0.15, 0.2) is 24.3 Å². The molecule has 0 saturated carbocycles. The lowest BCUT2D eigenvalue weighted by atomic mass is 9.96. The molecule has 10 nitrogen and oxygen atoms in total. The van der Waals surface area contributed by atoms with Crippen molar-refractivity contribution in [2.45, 2.75) is 69.3 Å². The van der Waals surface area contributed by atoms with Gasteiger partial charge in [0.25, 0.3) is 0 Å². The van der Waals surface area contributed by atoms with Gasteiger partial charge >= 0.3 is 5.97 Å². The van der Waals surface area contributed by atoms with Crippen LogP contribution in [0.1, 0.15) is 25.8 Å². The van der Waals surface area contributed by atoms with E-state index in [0.717, 1.165) is 0 Å². The van der Waals surface area contributed by atoms with Crippen molar-refractivity contribution in [3.8, 4) is 5.75 Å². The Hall–Kier alpha value is -1.79. The van der Waals surface area contributed by atoms with Crippen molar-refractivity contribution in [2.75, 3.05) is 6.61 Å².